The Morgan fingerprint density at radius 3 is 2.21 bits per heavy atom. The van der Waals surface area contributed by atoms with Gasteiger partial charge in [0.25, 0.3) is 0 Å². The molecule has 0 aliphatic carbocycles. The molecule has 0 heterocycles. The van der Waals surface area contributed by atoms with Crippen LogP contribution in [-0.4, -0.2) is 19.5 Å². The summed E-state index contributed by atoms with van der Waals surface area (Å²) < 4.78 is 0. The van der Waals surface area contributed by atoms with E-state index < -0.39 is 0 Å². The summed E-state index contributed by atoms with van der Waals surface area (Å²) in [4.78, 5) is 11.1. The lowest BCUT2D eigenvalue weighted by molar-refractivity contribution is -0.120. The normalized spacial score (nSPS) is 9.95. The Hall–Kier alpha value is -2.29. The van der Waals surface area contributed by atoms with Crippen LogP contribution in [0.3, 0.4) is 0 Å². The van der Waals surface area contributed by atoms with Crippen molar-refractivity contribution in [3.63, 3.8) is 0 Å². The zero-order chi connectivity index (χ0) is 13.5. The van der Waals surface area contributed by atoms with Crippen molar-refractivity contribution in [2.45, 2.75) is 6.42 Å². The summed E-state index contributed by atoms with van der Waals surface area (Å²) in [6, 6.07) is 18.5. The standard InChI is InChI=1S/C16H18N2O/c1-17-16(19)11-12-18-15-9-7-14(8-10-15)13-5-3-2-4-6-13/h2-10,18H,11-12H2,1H3,(H,17,19). The minimum Gasteiger partial charge on any atom is -0.385 e. The number of amides is 1. The van der Waals surface area contributed by atoms with Crippen LogP contribution in [-0.2, 0) is 4.79 Å². The predicted molar refractivity (Wildman–Crippen MR) is 79.1 cm³/mol. The van der Waals surface area contributed by atoms with Gasteiger partial charge in [0.15, 0.2) is 0 Å². The zero-order valence-corrected chi connectivity index (χ0v) is 11.0. The summed E-state index contributed by atoms with van der Waals surface area (Å²) in [5.74, 6) is 0.0494. The molecular formula is C16H18N2O. The molecule has 2 aromatic carbocycles. The van der Waals surface area contributed by atoms with Gasteiger partial charge in [0.05, 0.1) is 0 Å². The van der Waals surface area contributed by atoms with Crippen LogP contribution < -0.4 is 10.6 Å². The smallest absolute Gasteiger partial charge is 0.221 e. The maximum absolute atomic E-state index is 11.1. The molecule has 0 bridgehead atoms. The largest absolute Gasteiger partial charge is 0.385 e. The highest BCUT2D eigenvalue weighted by Gasteiger charge is 1.99. The highest BCUT2D eigenvalue weighted by molar-refractivity contribution is 5.76. The van der Waals surface area contributed by atoms with Crippen LogP contribution in [0.15, 0.2) is 54.6 Å². The molecule has 0 spiro atoms. The maximum atomic E-state index is 11.1. The number of anilines is 1. The van der Waals surface area contributed by atoms with E-state index in [1.165, 1.54) is 11.1 Å². The van der Waals surface area contributed by atoms with Gasteiger partial charge in [-0.25, -0.2) is 0 Å². The van der Waals surface area contributed by atoms with E-state index in [4.69, 9.17) is 0 Å². The monoisotopic (exact) mass is 254 g/mol. The van der Waals surface area contributed by atoms with E-state index in [1.807, 2.05) is 30.3 Å². The average Bonchev–Trinajstić information content (AvgIpc) is 2.48. The molecule has 98 valence electrons. The Bertz CT molecular complexity index is 520. The second kappa shape index (κ2) is 6.59. The highest BCUT2D eigenvalue weighted by atomic mass is 16.1. The number of nitrogens with one attached hydrogen (secondary N) is 2. The summed E-state index contributed by atoms with van der Waals surface area (Å²) in [6.45, 7) is 0.643. The van der Waals surface area contributed by atoms with Crippen molar-refractivity contribution >= 4 is 11.6 Å². The Morgan fingerprint density at radius 2 is 1.58 bits per heavy atom. The van der Waals surface area contributed by atoms with Crippen molar-refractivity contribution in [1.29, 1.82) is 0 Å². The van der Waals surface area contributed by atoms with Crippen LogP contribution in [0.2, 0.25) is 0 Å². The molecule has 3 nitrogen and oxygen atoms in total. The number of benzene rings is 2. The molecule has 0 aliphatic rings. The fourth-order valence-electron chi connectivity index (χ4n) is 1.86. The van der Waals surface area contributed by atoms with Gasteiger partial charge in [0.1, 0.15) is 0 Å². The minimum atomic E-state index is 0.0494. The molecule has 2 N–H and O–H groups in total. The Kier molecular flexibility index (Phi) is 4.56. The third kappa shape index (κ3) is 3.85. The van der Waals surface area contributed by atoms with E-state index >= 15 is 0 Å². The molecule has 2 aromatic rings. The van der Waals surface area contributed by atoms with Crippen LogP contribution in [0.25, 0.3) is 11.1 Å². The van der Waals surface area contributed by atoms with E-state index in [0.29, 0.717) is 13.0 Å². The van der Waals surface area contributed by atoms with E-state index in [1.54, 1.807) is 7.05 Å². The SMILES string of the molecule is CNC(=O)CCNc1ccc(-c2ccccc2)cc1. The van der Waals surface area contributed by atoms with Crippen molar-refractivity contribution in [3.8, 4) is 11.1 Å². The van der Waals surface area contributed by atoms with Gasteiger partial charge in [-0.2, -0.15) is 0 Å². The number of hydrogen-bond acceptors (Lipinski definition) is 2. The first-order valence-corrected chi connectivity index (χ1v) is 6.39. The van der Waals surface area contributed by atoms with E-state index in [9.17, 15) is 4.79 Å². The number of carbonyl (C=O) groups excluding carboxylic acids is 1. The number of rotatable bonds is 5. The van der Waals surface area contributed by atoms with Gasteiger partial charge in [0.2, 0.25) is 5.91 Å². The lowest BCUT2D eigenvalue weighted by Gasteiger charge is -2.07. The van der Waals surface area contributed by atoms with Crippen LogP contribution in [0.4, 0.5) is 5.69 Å². The van der Waals surface area contributed by atoms with Crippen LogP contribution in [0.1, 0.15) is 6.42 Å². The third-order valence-electron chi connectivity index (χ3n) is 2.95. The topological polar surface area (TPSA) is 41.1 Å². The average molecular weight is 254 g/mol. The maximum Gasteiger partial charge on any atom is 0.221 e. The Morgan fingerprint density at radius 1 is 0.947 bits per heavy atom. The molecule has 0 unspecified atom stereocenters. The van der Waals surface area contributed by atoms with Gasteiger partial charge in [-0.3, -0.25) is 4.79 Å². The van der Waals surface area contributed by atoms with E-state index in [0.717, 1.165) is 5.69 Å². The van der Waals surface area contributed by atoms with Gasteiger partial charge in [-0.15, -0.1) is 0 Å². The van der Waals surface area contributed by atoms with Gasteiger partial charge in [-0.05, 0) is 23.3 Å². The fraction of sp³-hybridized carbons (Fsp3) is 0.188. The number of carbonyl (C=O) groups is 1. The van der Waals surface area contributed by atoms with Crippen LogP contribution in [0.5, 0.6) is 0 Å². The summed E-state index contributed by atoms with van der Waals surface area (Å²) >= 11 is 0. The van der Waals surface area contributed by atoms with Crippen LogP contribution in [0, 0.1) is 0 Å². The molecule has 3 heteroatoms. The summed E-state index contributed by atoms with van der Waals surface area (Å²) in [5, 5.41) is 5.83. The van der Waals surface area contributed by atoms with Crippen molar-refractivity contribution in [2.75, 3.05) is 18.9 Å². The van der Waals surface area contributed by atoms with Gasteiger partial charge < -0.3 is 10.6 Å². The molecule has 0 fully saturated rings. The summed E-state index contributed by atoms with van der Waals surface area (Å²) in [6.07, 6.45) is 0.483. The molecule has 2 rings (SSSR count). The number of hydrogen-bond donors (Lipinski definition) is 2. The van der Waals surface area contributed by atoms with Crippen molar-refractivity contribution in [1.82, 2.24) is 5.32 Å². The van der Waals surface area contributed by atoms with Gasteiger partial charge in [-0.1, -0.05) is 42.5 Å². The minimum absolute atomic E-state index is 0.0494. The van der Waals surface area contributed by atoms with Crippen molar-refractivity contribution in [2.24, 2.45) is 0 Å². The molecule has 0 saturated carbocycles. The molecular weight excluding hydrogens is 236 g/mol. The first kappa shape index (κ1) is 13.1. The first-order valence-electron chi connectivity index (χ1n) is 6.39. The zero-order valence-electron chi connectivity index (χ0n) is 11.0. The summed E-state index contributed by atoms with van der Waals surface area (Å²) in [7, 11) is 1.65. The lowest BCUT2D eigenvalue weighted by Crippen LogP contribution is -2.20. The first-order chi connectivity index (χ1) is 9.29. The molecule has 0 saturated heterocycles. The molecule has 0 radical (unpaired) electrons. The van der Waals surface area contributed by atoms with Gasteiger partial charge >= 0.3 is 0 Å². The molecule has 0 aromatic heterocycles. The molecule has 0 atom stereocenters. The predicted octanol–water partition coefficient (Wildman–Crippen LogP) is 2.90. The van der Waals surface area contributed by atoms with Crippen molar-refractivity contribution < 1.29 is 4.79 Å². The third-order valence-corrected chi connectivity index (χ3v) is 2.95. The second-order valence-corrected chi connectivity index (χ2v) is 4.29. The second-order valence-electron chi connectivity index (χ2n) is 4.29. The molecule has 0 aliphatic heterocycles. The molecule has 1 amide bonds. The highest BCUT2D eigenvalue weighted by Crippen LogP contribution is 2.20. The van der Waals surface area contributed by atoms with E-state index in [2.05, 4.69) is 34.9 Å². The Labute approximate surface area is 113 Å². The Balaban J connectivity index is 1.94. The van der Waals surface area contributed by atoms with Crippen molar-refractivity contribution in [3.05, 3.63) is 54.6 Å². The van der Waals surface area contributed by atoms with Crippen LogP contribution >= 0.6 is 0 Å². The van der Waals surface area contributed by atoms with Gasteiger partial charge in [0, 0.05) is 25.7 Å². The summed E-state index contributed by atoms with van der Waals surface area (Å²) in [5.41, 5.74) is 3.43. The quantitative estimate of drug-likeness (QED) is 0.861. The van der Waals surface area contributed by atoms with E-state index in [-0.39, 0.29) is 5.91 Å². The molecule has 19 heavy (non-hydrogen) atoms. The fourth-order valence-corrected chi connectivity index (χ4v) is 1.86. The lowest BCUT2D eigenvalue weighted by atomic mass is 10.1.